The quantitative estimate of drug-likeness (QED) is 0.781. The van der Waals surface area contributed by atoms with Crippen molar-refractivity contribution in [1.82, 2.24) is 0 Å². The van der Waals surface area contributed by atoms with Crippen molar-refractivity contribution in [2.45, 2.75) is 12.4 Å². The molecule has 0 spiro atoms. The van der Waals surface area contributed by atoms with Crippen LogP contribution in [0.1, 0.15) is 21.5 Å². The molecule has 0 aliphatic heterocycles. The molecular formula is C16H11F6NO2. The molecule has 9 heteroatoms. The van der Waals surface area contributed by atoms with Crippen LogP contribution in [0.5, 0.6) is 5.75 Å². The first kappa shape index (κ1) is 18.6. The molecule has 3 nitrogen and oxygen atoms in total. The topological polar surface area (TPSA) is 38.3 Å². The fourth-order valence-corrected chi connectivity index (χ4v) is 2.03. The van der Waals surface area contributed by atoms with E-state index in [0.717, 1.165) is 24.3 Å². The molecule has 1 N–H and O–H groups in total. The zero-order chi connectivity index (χ0) is 18.8. The molecule has 0 heterocycles. The van der Waals surface area contributed by atoms with E-state index in [9.17, 15) is 31.1 Å². The molecule has 0 saturated heterocycles. The van der Waals surface area contributed by atoms with Crippen molar-refractivity contribution in [2.75, 3.05) is 12.4 Å². The zero-order valence-corrected chi connectivity index (χ0v) is 12.6. The Morgan fingerprint density at radius 1 is 0.920 bits per heavy atom. The Bertz CT molecular complexity index is 766. The SMILES string of the molecule is COc1ccc(C(F)(F)F)c(C(=O)Nc2ccc(C(F)(F)F)cc2)c1. The molecule has 0 radical (unpaired) electrons. The van der Waals surface area contributed by atoms with E-state index in [1.807, 2.05) is 0 Å². The number of methoxy groups -OCH3 is 1. The van der Waals surface area contributed by atoms with Gasteiger partial charge in [-0.1, -0.05) is 0 Å². The highest BCUT2D eigenvalue weighted by molar-refractivity contribution is 6.05. The third-order valence-corrected chi connectivity index (χ3v) is 3.25. The van der Waals surface area contributed by atoms with E-state index in [-0.39, 0.29) is 11.4 Å². The van der Waals surface area contributed by atoms with Gasteiger partial charge in [0.1, 0.15) is 5.75 Å². The van der Waals surface area contributed by atoms with Gasteiger partial charge < -0.3 is 10.1 Å². The molecule has 0 fully saturated rings. The first-order valence-electron chi connectivity index (χ1n) is 6.76. The largest absolute Gasteiger partial charge is 0.497 e. The van der Waals surface area contributed by atoms with Crippen LogP contribution in [0.25, 0.3) is 0 Å². The zero-order valence-electron chi connectivity index (χ0n) is 12.6. The van der Waals surface area contributed by atoms with Gasteiger partial charge in [-0.25, -0.2) is 0 Å². The minimum atomic E-state index is -4.78. The lowest BCUT2D eigenvalue weighted by atomic mass is 10.1. The number of hydrogen-bond acceptors (Lipinski definition) is 2. The lowest BCUT2D eigenvalue weighted by Gasteiger charge is -2.14. The maximum Gasteiger partial charge on any atom is 0.417 e. The van der Waals surface area contributed by atoms with Crippen LogP contribution < -0.4 is 10.1 Å². The molecule has 1 amide bonds. The standard InChI is InChI=1S/C16H11F6NO2/c1-25-11-6-7-13(16(20,21)22)12(8-11)14(24)23-10-4-2-9(3-5-10)15(17,18)19/h2-8H,1H3,(H,23,24). The number of halogens is 6. The summed E-state index contributed by atoms with van der Waals surface area (Å²) in [6.45, 7) is 0. The van der Waals surface area contributed by atoms with Crippen molar-refractivity contribution >= 4 is 11.6 Å². The van der Waals surface area contributed by atoms with Crippen molar-refractivity contribution in [2.24, 2.45) is 0 Å². The van der Waals surface area contributed by atoms with Crippen molar-refractivity contribution in [3.8, 4) is 5.75 Å². The summed E-state index contributed by atoms with van der Waals surface area (Å²) in [7, 11) is 1.22. The number of anilines is 1. The molecular weight excluding hydrogens is 352 g/mol. The minimum absolute atomic E-state index is 0.0329. The third-order valence-electron chi connectivity index (χ3n) is 3.25. The normalized spacial score (nSPS) is 12.0. The second-order valence-electron chi connectivity index (χ2n) is 4.94. The number of hydrogen-bond donors (Lipinski definition) is 1. The third kappa shape index (κ3) is 4.43. The van der Waals surface area contributed by atoms with E-state index in [1.165, 1.54) is 7.11 Å². The second kappa shape index (κ2) is 6.66. The Morgan fingerprint density at radius 3 is 2.00 bits per heavy atom. The molecule has 0 bridgehead atoms. The van der Waals surface area contributed by atoms with Crippen LogP contribution in [0.3, 0.4) is 0 Å². The Morgan fingerprint density at radius 2 is 1.52 bits per heavy atom. The van der Waals surface area contributed by atoms with Crippen LogP contribution in [-0.4, -0.2) is 13.0 Å². The van der Waals surface area contributed by atoms with Gasteiger partial charge >= 0.3 is 12.4 Å². The Hall–Kier alpha value is -2.71. The Labute approximate surface area is 138 Å². The van der Waals surface area contributed by atoms with E-state index in [0.29, 0.717) is 18.2 Å². The van der Waals surface area contributed by atoms with Gasteiger partial charge in [-0.15, -0.1) is 0 Å². The smallest absolute Gasteiger partial charge is 0.417 e. The summed E-state index contributed by atoms with van der Waals surface area (Å²) in [5.74, 6) is -1.09. The van der Waals surface area contributed by atoms with E-state index < -0.39 is 35.0 Å². The number of nitrogens with one attached hydrogen (secondary N) is 1. The van der Waals surface area contributed by atoms with Gasteiger partial charge in [0.05, 0.1) is 23.8 Å². The summed E-state index contributed by atoms with van der Waals surface area (Å²) in [5.41, 5.74) is -2.90. The van der Waals surface area contributed by atoms with Gasteiger partial charge in [-0.05, 0) is 42.5 Å². The molecule has 134 valence electrons. The number of amides is 1. The highest BCUT2D eigenvalue weighted by Gasteiger charge is 2.35. The van der Waals surface area contributed by atoms with Crippen LogP contribution >= 0.6 is 0 Å². The lowest BCUT2D eigenvalue weighted by molar-refractivity contribution is -0.138. The maximum absolute atomic E-state index is 13.0. The number of alkyl halides is 6. The average molecular weight is 363 g/mol. The predicted molar refractivity (Wildman–Crippen MR) is 77.4 cm³/mol. The highest BCUT2D eigenvalue weighted by Crippen LogP contribution is 2.34. The summed E-state index contributed by atoms with van der Waals surface area (Å²) in [6, 6.07) is 5.99. The average Bonchev–Trinajstić information content (AvgIpc) is 2.53. The first-order valence-corrected chi connectivity index (χ1v) is 6.76. The Kier molecular flexibility index (Phi) is 4.96. The van der Waals surface area contributed by atoms with Gasteiger partial charge in [0, 0.05) is 5.69 Å². The number of rotatable bonds is 3. The van der Waals surface area contributed by atoms with Crippen molar-refractivity contribution in [3.05, 3.63) is 59.2 Å². The van der Waals surface area contributed by atoms with Crippen molar-refractivity contribution in [1.29, 1.82) is 0 Å². The highest BCUT2D eigenvalue weighted by atomic mass is 19.4. The molecule has 0 atom stereocenters. The fourth-order valence-electron chi connectivity index (χ4n) is 2.03. The summed E-state index contributed by atoms with van der Waals surface area (Å²) in [4.78, 5) is 12.1. The fraction of sp³-hybridized carbons (Fsp3) is 0.188. The van der Waals surface area contributed by atoms with E-state index >= 15 is 0 Å². The van der Waals surface area contributed by atoms with E-state index in [2.05, 4.69) is 5.32 Å². The summed E-state index contributed by atoms with van der Waals surface area (Å²) < 4.78 is 81.3. The van der Waals surface area contributed by atoms with Crippen LogP contribution in [0.15, 0.2) is 42.5 Å². The summed E-state index contributed by atoms with van der Waals surface area (Å²) >= 11 is 0. The first-order chi connectivity index (χ1) is 11.5. The summed E-state index contributed by atoms with van der Waals surface area (Å²) in [5, 5.41) is 2.14. The molecule has 2 aromatic carbocycles. The minimum Gasteiger partial charge on any atom is -0.497 e. The second-order valence-corrected chi connectivity index (χ2v) is 4.94. The van der Waals surface area contributed by atoms with E-state index in [4.69, 9.17) is 4.74 Å². The van der Waals surface area contributed by atoms with Gasteiger partial charge in [0.25, 0.3) is 5.91 Å². The molecule has 2 rings (SSSR count). The van der Waals surface area contributed by atoms with E-state index in [1.54, 1.807) is 0 Å². The van der Waals surface area contributed by atoms with Crippen LogP contribution in [0, 0.1) is 0 Å². The van der Waals surface area contributed by atoms with Crippen LogP contribution in [0.2, 0.25) is 0 Å². The van der Waals surface area contributed by atoms with Crippen molar-refractivity contribution < 1.29 is 35.9 Å². The van der Waals surface area contributed by atoms with Gasteiger partial charge in [-0.3, -0.25) is 4.79 Å². The predicted octanol–water partition coefficient (Wildman–Crippen LogP) is 4.99. The monoisotopic (exact) mass is 363 g/mol. The van der Waals surface area contributed by atoms with Crippen molar-refractivity contribution in [3.63, 3.8) is 0 Å². The van der Waals surface area contributed by atoms with Crippen LogP contribution in [-0.2, 0) is 12.4 Å². The lowest BCUT2D eigenvalue weighted by Crippen LogP contribution is -2.19. The molecule has 0 saturated carbocycles. The number of benzene rings is 2. The molecule has 25 heavy (non-hydrogen) atoms. The molecule has 0 aliphatic carbocycles. The number of carbonyl (C=O) groups is 1. The summed E-state index contributed by atoms with van der Waals surface area (Å²) in [6.07, 6.45) is -9.34. The van der Waals surface area contributed by atoms with Gasteiger partial charge in [0.2, 0.25) is 0 Å². The van der Waals surface area contributed by atoms with Crippen LogP contribution in [0.4, 0.5) is 32.0 Å². The maximum atomic E-state index is 13.0. The van der Waals surface area contributed by atoms with Gasteiger partial charge in [-0.2, -0.15) is 26.3 Å². The van der Waals surface area contributed by atoms with Gasteiger partial charge in [0.15, 0.2) is 0 Å². The Balaban J connectivity index is 2.31. The molecule has 2 aromatic rings. The number of carbonyl (C=O) groups excluding carboxylic acids is 1. The molecule has 0 unspecified atom stereocenters. The number of ether oxygens (including phenoxy) is 1. The molecule has 0 aromatic heterocycles. The molecule has 0 aliphatic rings.